The van der Waals surface area contributed by atoms with Gasteiger partial charge in [0, 0.05) is 6.42 Å². The second-order valence-electron chi connectivity index (χ2n) is 3.48. The standard InChI is InChI=1S/C10H16N2O6/c1-2-6(7(14)3-4-8(15)16)12-10(17)9(11)18-5-13/h5-6,9H,2-4,11H2,1H3,(H,12,17)(H,15,16)/t6-,9+/m0/s1. The molecule has 0 aromatic heterocycles. The zero-order valence-corrected chi connectivity index (χ0v) is 9.92. The average Bonchev–Trinajstić information content (AvgIpc) is 2.32. The third kappa shape index (κ3) is 5.94. The van der Waals surface area contributed by atoms with Gasteiger partial charge in [0.1, 0.15) is 0 Å². The summed E-state index contributed by atoms with van der Waals surface area (Å²) in [6.45, 7) is 1.67. The highest BCUT2D eigenvalue weighted by atomic mass is 16.5. The second-order valence-corrected chi connectivity index (χ2v) is 3.48. The molecule has 0 rings (SSSR count). The van der Waals surface area contributed by atoms with Gasteiger partial charge < -0.3 is 15.2 Å². The van der Waals surface area contributed by atoms with Gasteiger partial charge in [-0.1, -0.05) is 6.92 Å². The molecule has 0 unspecified atom stereocenters. The molecule has 0 fully saturated rings. The summed E-state index contributed by atoms with van der Waals surface area (Å²) in [6, 6.07) is -0.835. The number of carbonyl (C=O) groups is 4. The number of ether oxygens (including phenoxy) is 1. The molecule has 0 aromatic carbocycles. The molecule has 8 nitrogen and oxygen atoms in total. The molecule has 0 saturated carbocycles. The van der Waals surface area contributed by atoms with Crippen molar-refractivity contribution in [2.75, 3.05) is 0 Å². The predicted molar refractivity (Wildman–Crippen MR) is 59.2 cm³/mol. The van der Waals surface area contributed by atoms with Crippen LogP contribution in [0.2, 0.25) is 0 Å². The van der Waals surface area contributed by atoms with Gasteiger partial charge in [-0.2, -0.15) is 0 Å². The van der Waals surface area contributed by atoms with E-state index in [1.54, 1.807) is 6.92 Å². The normalized spacial score (nSPS) is 13.2. The zero-order valence-electron chi connectivity index (χ0n) is 9.92. The molecule has 2 atom stereocenters. The summed E-state index contributed by atoms with van der Waals surface area (Å²) in [7, 11) is 0. The van der Waals surface area contributed by atoms with E-state index >= 15 is 0 Å². The van der Waals surface area contributed by atoms with Crippen LogP contribution in [0.25, 0.3) is 0 Å². The molecule has 0 saturated heterocycles. The summed E-state index contributed by atoms with van der Waals surface area (Å²) < 4.78 is 4.21. The molecule has 8 heteroatoms. The van der Waals surface area contributed by atoms with Crippen LogP contribution in [0.15, 0.2) is 0 Å². The van der Waals surface area contributed by atoms with Crippen LogP contribution in [0.4, 0.5) is 0 Å². The molecule has 1 amide bonds. The Balaban J connectivity index is 4.32. The largest absolute Gasteiger partial charge is 0.481 e. The molecular formula is C10H16N2O6. The van der Waals surface area contributed by atoms with E-state index in [-0.39, 0.29) is 25.7 Å². The van der Waals surface area contributed by atoms with Crippen molar-refractivity contribution in [2.45, 2.75) is 38.5 Å². The summed E-state index contributed by atoms with van der Waals surface area (Å²) in [5, 5.41) is 10.7. The minimum absolute atomic E-state index is 0.0252. The fourth-order valence-corrected chi connectivity index (χ4v) is 1.19. The van der Waals surface area contributed by atoms with Crippen LogP contribution in [0.5, 0.6) is 0 Å². The lowest BCUT2D eigenvalue weighted by molar-refractivity contribution is -0.145. The van der Waals surface area contributed by atoms with Gasteiger partial charge in [-0.15, -0.1) is 0 Å². The molecule has 4 N–H and O–H groups in total. The first-order valence-corrected chi connectivity index (χ1v) is 5.31. The van der Waals surface area contributed by atoms with Crippen LogP contribution in [-0.2, 0) is 23.9 Å². The number of nitrogens with two attached hydrogens (primary N) is 1. The predicted octanol–water partition coefficient (Wildman–Crippen LogP) is -1.23. The fraction of sp³-hybridized carbons (Fsp3) is 0.600. The Labute approximate surface area is 103 Å². The number of ketones is 1. The molecule has 0 bridgehead atoms. The third-order valence-electron chi connectivity index (χ3n) is 2.16. The van der Waals surface area contributed by atoms with Crippen LogP contribution in [-0.4, -0.2) is 41.5 Å². The molecule has 102 valence electrons. The number of nitrogens with one attached hydrogen (secondary N) is 1. The topological polar surface area (TPSA) is 136 Å². The van der Waals surface area contributed by atoms with Crippen molar-refractivity contribution in [3.05, 3.63) is 0 Å². The highest BCUT2D eigenvalue weighted by molar-refractivity contribution is 5.91. The van der Waals surface area contributed by atoms with Gasteiger partial charge in [0.25, 0.3) is 12.4 Å². The van der Waals surface area contributed by atoms with E-state index in [2.05, 4.69) is 10.1 Å². The molecular weight excluding hydrogens is 244 g/mol. The van der Waals surface area contributed by atoms with Gasteiger partial charge >= 0.3 is 5.97 Å². The van der Waals surface area contributed by atoms with Crippen molar-refractivity contribution in [3.8, 4) is 0 Å². The summed E-state index contributed by atoms with van der Waals surface area (Å²) in [5.74, 6) is -2.31. The summed E-state index contributed by atoms with van der Waals surface area (Å²) in [4.78, 5) is 43.2. The van der Waals surface area contributed by atoms with E-state index in [4.69, 9.17) is 10.8 Å². The first-order chi connectivity index (χ1) is 8.42. The van der Waals surface area contributed by atoms with Crippen molar-refractivity contribution < 1.29 is 29.0 Å². The van der Waals surface area contributed by atoms with Crippen molar-refractivity contribution in [1.29, 1.82) is 0 Å². The van der Waals surface area contributed by atoms with E-state index < -0.39 is 29.9 Å². The minimum atomic E-state index is -1.48. The molecule has 0 aliphatic heterocycles. The van der Waals surface area contributed by atoms with Crippen LogP contribution in [0.1, 0.15) is 26.2 Å². The summed E-state index contributed by atoms with van der Waals surface area (Å²) >= 11 is 0. The van der Waals surface area contributed by atoms with Crippen molar-refractivity contribution in [1.82, 2.24) is 5.32 Å². The van der Waals surface area contributed by atoms with Crippen molar-refractivity contribution in [2.24, 2.45) is 5.73 Å². The van der Waals surface area contributed by atoms with Crippen molar-refractivity contribution >= 4 is 24.1 Å². The Bertz CT molecular complexity index is 330. The van der Waals surface area contributed by atoms with Gasteiger partial charge in [-0.3, -0.25) is 24.9 Å². The lowest BCUT2D eigenvalue weighted by Crippen LogP contribution is -2.49. The Morgan fingerprint density at radius 2 is 2.00 bits per heavy atom. The number of carbonyl (C=O) groups excluding carboxylic acids is 3. The minimum Gasteiger partial charge on any atom is -0.481 e. The van der Waals surface area contributed by atoms with Crippen LogP contribution in [0.3, 0.4) is 0 Å². The maximum absolute atomic E-state index is 11.6. The first kappa shape index (κ1) is 16.0. The fourth-order valence-electron chi connectivity index (χ4n) is 1.19. The maximum Gasteiger partial charge on any atom is 0.303 e. The van der Waals surface area contributed by atoms with E-state index in [9.17, 15) is 19.2 Å². The number of carboxylic acid groups (broad SMARTS) is 1. The molecule has 0 radical (unpaired) electrons. The van der Waals surface area contributed by atoms with Gasteiger partial charge in [-0.25, -0.2) is 0 Å². The second kappa shape index (κ2) is 8.18. The quantitative estimate of drug-likeness (QED) is 0.349. The Kier molecular flexibility index (Phi) is 7.29. The Hall–Kier alpha value is -1.96. The molecule has 0 heterocycles. The number of hydrogen-bond donors (Lipinski definition) is 3. The highest BCUT2D eigenvalue weighted by Crippen LogP contribution is 2.01. The number of carboxylic acids is 1. The lowest BCUT2D eigenvalue weighted by atomic mass is 10.1. The van der Waals surface area contributed by atoms with E-state index in [0.717, 1.165) is 0 Å². The van der Waals surface area contributed by atoms with Gasteiger partial charge in [0.2, 0.25) is 6.23 Å². The van der Waals surface area contributed by atoms with E-state index in [1.165, 1.54) is 0 Å². The number of amides is 1. The van der Waals surface area contributed by atoms with Gasteiger partial charge in [0.05, 0.1) is 12.5 Å². The summed E-state index contributed by atoms with van der Waals surface area (Å²) in [6.07, 6.45) is -1.68. The monoisotopic (exact) mass is 260 g/mol. The smallest absolute Gasteiger partial charge is 0.303 e. The molecule has 0 spiro atoms. The number of rotatable bonds is 9. The van der Waals surface area contributed by atoms with Crippen LogP contribution < -0.4 is 11.1 Å². The molecule has 18 heavy (non-hydrogen) atoms. The third-order valence-corrected chi connectivity index (χ3v) is 2.16. The summed E-state index contributed by atoms with van der Waals surface area (Å²) in [5.41, 5.74) is 5.18. The average molecular weight is 260 g/mol. The number of Topliss-reactive ketones (excluding diaryl/α,β-unsaturated/α-hetero) is 1. The van der Waals surface area contributed by atoms with Gasteiger partial charge in [-0.05, 0) is 6.42 Å². The van der Waals surface area contributed by atoms with Crippen LogP contribution >= 0.6 is 0 Å². The molecule has 0 aromatic rings. The maximum atomic E-state index is 11.6. The molecule has 0 aliphatic carbocycles. The Morgan fingerprint density at radius 3 is 2.44 bits per heavy atom. The van der Waals surface area contributed by atoms with Crippen molar-refractivity contribution in [3.63, 3.8) is 0 Å². The number of aliphatic carboxylic acids is 1. The zero-order chi connectivity index (χ0) is 14.1. The van der Waals surface area contributed by atoms with E-state index in [0.29, 0.717) is 0 Å². The van der Waals surface area contributed by atoms with E-state index in [1.807, 2.05) is 0 Å². The molecule has 0 aliphatic rings. The SMILES string of the molecule is CC[C@H](NC(=O)[C@H](N)OC=O)C(=O)CCC(=O)O. The lowest BCUT2D eigenvalue weighted by Gasteiger charge is -2.17. The Morgan fingerprint density at radius 1 is 1.39 bits per heavy atom. The first-order valence-electron chi connectivity index (χ1n) is 5.31. The highest BCUT2D eigenvalue weighted by Gasteiger charge is 2.23. The number of hydrogen-bond acceptors (Lipinski definition) is 6. The van der Waals surface area contributed by atoms with Gasteiger partial charge in [0.15, 0.2) is 5.78 Å². The van der Waals surface area contributed by atoms with Crippen LogP contribution in [0, 0.1) is 0 Å².